The molecule has 1 N–H and O–H groups in total. The molecule has 1 aromatic heterocycles. The zero-order chi connectivity index (χ0) is 17.9. The lowest BCUT2D eigenvalue weighted by Crippen LogP contribution is -2.09. The number of aromatic amines is 1. The molecule has 1 heterocycles. The van der Waals surface area contributed by atoms with Gasteiger partial charge in [-0.2, -0.15) is 8.78 Å². The Morgan fingerprint density at radius 3 is 2.67 bits per heavy atom. The Labute approximate surface area is 146 Å². The highest BCUT2D eigenvalue weighted by Crippen LogP contribution is 2.32. The van der Waals surface area contributed by atoms with Crippen LogP contribution in [-0.2, 0) is 0 Å². The number of alkyl halides is 2. The van der Waals surface area contributed by atoms with Crippen molar-refractivity contribution >= 4 is 32.6 Å². The summed E-state index contributed by atoms with van der Waals surface area (Å²) in [5, 5.41) is 0.589. The fourth-order valence-electron chi connectivity index (χ4n) is 2.13. The van der Waals surface area contributed by atoms with E-state index in [9.17, 15) is 13.6 Å². The van der Waals surface area contributed by atoms with E-state index in [0.717, 1.165) is 0 Å². The molecule has 24 heavy (non-hydrogen) atoms. The van der Waals surface area contributed by atoms with Crippen molar-refractivity contribution < 1.29 is 18.3 Å². The number of nitrogens with zero attached hydrogens (tertiary/aromatic N) is 1. The van der Waals surface area contributed by atoms with Crippen LogP contribution in [0.2, 0.25) is 0 Å². The molecule has 0 bridgehead atoms. The number of ether oxygens (including phenoxy) is 1. The van der Waals surface area contributed by atoms with Gasteiger partial charge in [-0.15, -0.1) is 5.92 Å². The zero-order valence-electron chi connectivity index (χ0n) is 13.3. The molecule has 4 nitrogen and oxygen atoms in total. The van der Waals surface area contributed by atoms with Crippen molar-refractivity contribution in [2.75, 3.05) is 14.1 Å². The normalized spacial score (nSPS) is 11.4. The molecule has 0 amide bonds. The number of aromatic nitrogens is 1. The third-order valence-corrected chi connectivity index (χ3v) is 3.65. The summed E-state index contributed by atoms with van der Waals surface area (Å²) in [6, 6.07) is 4.62. The van der Waals surface area contributed by atoms with Crippen LogP contribution in [0.5, 0.6) is 5.75 Å². The van der Waals surface area contributed by atoms with E-state index in [1.165, 1.54) is 6.07 Å². The molecular weight excluding hydrogens is 382 g/mol. The molecule has 0 aliphatic carbocycles. The van der Waals surface area contributed by atoms with Gasteiger partial charge in [0.1, 0.15) is 5.75 Å². The second-order valence-electron chi connectivity index (χ2n) is 5.14. The number of nitrogens with one attached hydrogen (secondary N) is 1. The van der Waals surface area contributed by atoms with Crippen LogP contribution in [0.15, 0.2) is 34.4 Å². The van der Waals surface area contributed by atoms with E-state index in [0.29, 0.717) is 26.6 Å². The van der Waals surface area contributed by atoms with Gasteiger partial charge in [0.15, 0.2) is 0 Å². The molecule has 0 aliphatic rings. The van der Waals surface area contributed by atoms with E-state index in [2.05, 4.69) is 37.5 Å². The number of hydrogen-bond acceptors (Lipinski definition) is 3. The molecule has 0 radical (unpaired) electrons. The highest BCUT2D eigenvalue weighted by Gasteiger charge is 2.16. The molecule has 0 unspecified atom stereocenters. The smallest absolute Gasteiger partial charge is 0.387 e. The van der Waals surface area contributed by atoms with Gasteiger partial charge in [-0.05, 0) is 41.1 Å². The van der Waals surface area contributed by atoms with Crippen molar-refractivity contribution in [2.45, 2.75) is 13.5 Å². The minimum atomic E-state index is -2.92. The fourth-order valence-corrected chi connectivity index (χ4v) is 2.56. The fraction of sp³-hybridized carbons (Fsp3) is 0.235. The minimum Gasteiger partial charge on any atom is -0.434 e. The number of H-pyrrole nitrogens is 1. The molecule has 126 valence electrons. The molecule has 7 heteroatoms. The molecule has 0 saturated carbocycles. The van der Waals surface area contributed by atoms with Gasteiger partial charge in [0.05, 0.1) is 15.7 Å². The number of hydrogen-bond donors (Lipinski definition) is 1. The predicted octanol–water partition coefficient (Wildman–Crippen LogP) is 4.18. The van der Waals surface area contributed by atoms with Crippen LogP contribution >= 0.6 is 15.9 Å². The summed E-state index contributed by atoms with van der Waals surface area (Å²) in [6.07, 6.45) is 1.63. The third-order valence-electron chi connectivity index (χ3n) is 3.03. The Kier molecular flexibility index (Phi) is 5.62. The van der Waals surface area contributed by atoms with Gasteiger partial charge >= 0.3 is 6.61 Å². The molecule has 0 atom stereocenters. The first-order valence-corrected chi connectivity index (χ1v) is 7.74. The number of fused-ring (bicyclic) bond motifs is 1. The molecule has 0 aliphatic heterocycles. The molecule has 0 fully saturated rings. The monoisotopic (exact) mass is 396 g/mol. The Balaban J connectivity index is 2.46. The van der Waals surface area contributed by atoms with Gasteiger partial charge in [0.25, 0.3) is 0 Å². The average Bonchev–Trinajstić information content (AvgIpc) is 2.88. The lowest BCUT2D eigenvalue weighted by Gasteiger charge is -2.06. The zero-order valence-corrected chi connectivity index (χ0v) is 14.9. The van der Waals surface area contributed by atoms with Crippen LogP contribution in [0, 0.1) is 11.8 Å². The number of allylic oxidation sites excluding steroid dienone is 1. The van der Waals surface area contributed by atoms with Crippen molar-refractivity contribution in [1.82, 2.24) is 9.88 Å². The molecule has 1 aromatic carbocycles. The van der Waals surface area contributed by atoms with Crippen LogP contribution in [-0.4, -0.2) is 36.4 Å². The van der Waals surface area contributed by atoms with Crippen molar-refractivity contribution in [3.8, 4) is 17.6 Å². The summed E-state index contributed by atoms with van der Waals surface area (Å²) in [5.74, 6) is 5.21. The lowest BCUT2D eigenvalue weighted by molar-refractivity contribution is -0.0502. The maximum Gasteiger partial charge on any atom is 0.387 e. The highest BCUT2D eigenvalue weighted by atomic mass is 79.9. The summed E-state index contributed by atoms with van der Waals surface area (Å²) in [4.78, 5) is 17.3. The average molecular weight is 397 g/mol. The van der Waals surface area contributed by atoms with Gasteiger partial charge < -0.3 is 14.6 Å². The summed E-state index contributed by atoms with van der Waals surface area (Å²) < 4.78 is 29.6. The van der Waals surface area contributed by atoms with Gasteiger partial charge in [0.2, 0.25) is 5.78 Å². The number of halogens is 3. The summed E-state index contributed by atoms with van der Waals surface area (Å²) >= 11 is 3.18. The number of Topliss-reactive ketones (excluding diaryl/α,β-unsaturated/α-hetero) is 1. The van der Waals surface area contributed by atoms with Gasteiger partial charge in [-0.25, -0.2) is 0 Å². The molecule has 0 saturated heterocycles. The summed E-state index contributed by atoms with van der Waals surface area (Å²) in [7, 11) is 3.59. The molecule has 0 spiro atoms. The van der Waals surface area contributed by atoms with Crippen LogP contribution in [0.1, 0.15) is 17.4 Å². The van der Waals surface area contributed by atoms with Crippen LogP contribution in [0.3, 0.4) is 0 Å². The summed E-state index contributed by atoms with van der Waals surface area (Å²) in [5.41, 5.74) is 1.28. The number of carbonyl (C=O) groups is 1. The van der Waals surface area contributed by atoms with Gasteiger partial charge in [0, 0.05) is 31.2 Å². The quantitative estimate of drug-likeness (QED) is 0.468. The third kappa shape index (κ3) is 4.15. The minimum absolute atomic E-state index is 0.00732. The summed E-state index contributed by atoms with van der Waals surface area (Å²) in [6.45, 7) is -1.28. The van der Waals surface area contributed by atoms with Crippen LogP contribution in [0.4, 0.5) is 8.78 Å². The molecule has 2 rings (SSSR count). The molecule has 2 aromatic rings. The van der Waals surface area contributed by atoms with Crippen molar-refractivity contribution in [3.05, 3.63) is 40.1 Å². The van der Waals surface area contributed by atoms with E-state index in [1.807, 2.05) is 0 Å². The first kappa shape index (κ1) is 18.0. The van der Waals surface area contributed by atoms with Gasteiger partial charge in [-0.3, -0.25) is 4.79 Å². The second kappa shape index (κ2) is 7.49. The Morgan fingerprint density at radius 1 is 1.38 bits per heavy atom. The van der Waals surface area contributed by atoms with E-state index in [1.54, 1.807) is 44.3 Å². The standard InChI is InChI=1S/C17H15BrF2N2O2/c1-4-5-10(9-22(2)3)16(23)14-6-11-7-15(24-17(19)20)12(18)8-13(11)21-14/h6-9,17,21H,1-3H3/b10-9+. The van der Waals surface area contributed by atoms with E-state index >= 15 is 0 Å². The predicted molar refractivity (Wildman–Crippen MR) is 92.2 cm³/mol. The maximum atomic E-state index is 12.6. The number of benzene rings is 1. The van der Waals surface area contributed by atoms with E-state index in [4.69, 9.17) is 0 Å². The maximum absolute atomic E-state index is 12.6. The van der Waals surface area contributed by atoms with Crippen LogP contribution in [0.25, 0.3) is 10.9 Å². The lowest BCUT2D eigenvalue weighted by atomic mass is 10.1. The first-order valence-electron chi connectivity index (χ1n) is 6.94. The van der Waals surface area contributed by atoms with Crippen molar-refractivity contribution in [1.29, 1.82) is 0 Å². The Morgan fingerprint density at radius 2 is 2.08 bits per heavy atom. The Hall–Kier alpha value is -2.33. The number of ketones is 1. The topological polar surface area (TPSA) is 45.3 Å². The Bertz CT molecular complexity index is 861. The number of rotatable bonds is 5. The first-order chi connectivity index (χ1) is 11.3. The van der Waals surface area contributed by atoms with Gasteiger partial charge in [-0.1, -0.05) is 5.92 Å². The van der Waals surface area contributed by atoms with Crippen molar-refractivity contribution in [3.63, 3.8) is 0 Å². The van der Waals surface area contributed by atoms with Crippen molar-refractivity contribution in [2.24, 2.45) is 0 Å². The SMILES string of the molecule is CC#C/C(=C\N(C)C)C(=O)c1cc2cc(OC(F)F)c(Br)cc2[nH]1. The second-order valence-corrected chi connectivity index (χ2v) is 6.00. The van der Waals surface area contributed by atoms with Crippen LogP contribution < -0.4 is 4.74 Å². The van der Waals surface area contributed by atoms with E-state index in [-0.39, 0.29) is 11.5 Å². The number of carbonyl (C=O) groups excluding carboxylic acids is 1. The highest BCUT2D eigenvalue weighted by molar-refractivity contribution is 9.10. The largest absolute Gasteiger partial charge is 0.434 e. The van der Waals surface area contributed by atoms with E-state index < -0.39 is 6.61 Å². The molecular formula is C17H15BrF2N2O2.